The Hall–Kier alpha value is -1.18. The van der Waals surface area contributed by atoms with E-state index < -0.39 is 0 Å². The highest BCUT2D eigenvalue weighted by molar-refractivity contribution is 9.10. The Labute approximate surface area is 136 Å². The maximum atomic E-state index is 5.73. The Morgan fingerprint density at radius 3 is 2.57 bits per heavy atom. The Morgan fingerprint density at radius 1 is 1.29 bits per heavy atom. The van der Waals surface area contributed by atoms with Crippen LogP contribution < -0.4 is 14.8 Å². The molecule has 0 spiro atoms. The number of terminal acetylenes is 1. The van der Waals surface area contributed by atoms with Gasteiger partial charge in [0.15, 0.2) is 11.5 Å². The van der Waals surface area contributed by atoms with Crippen LogP contribution in [0.5, 0.6) is 11.5 Å². The molecule has 0 heterocycles. The van der Waals surface area contributed by atoms with Gasteiger partial charge in [0.05, 0.1) is 17.7 Å². The average Bonchev–Trinajstić information content (AvgIpc) is 2.39. The van der Waals surface area contributed by atoms with Crippen LogP contribution >= 0.6 is 15.9 Å². The van der Waals surface area contributed by atoms with Gasteiger partial charge in [0.1, 0.15) is 0 Å². The quantitative estimate of drug-likeness (QED) is 0.590. The van der Waals surface area contributed by atoms with Crippen molar-refractivity contribution in [3.63, 3.8) is 0 Å². The predicted octanol–water partition coefficient (Wildman–Crippen LogP) is 4.14. The Balaban J connectivity index is 2.92. The van der Waals surface area contributed by atoms with E-state index in [0.717, 1.165) is 22.3 Å². The molecule has 0 aromatic heterocycles. The molecular formula is C17H24BrNO2. The predicted molar refractivity (Wildman–Crippen MR) is 90.8 cm³/mol. The van der Waals surface area contributed by atoms with E-state index in [-0.39, 0.29) is 5.54 Å². The maximum absolute atomic E-state index is 5.73. The highest BCUT2D eigenvalue weighted by Gasteiger charge is 2.14. The van der Waals surface area contributed by atoms with Crippen LogP contribution in [0.3, 0.4) is 0 Å². The van der Waals surface area contributed by atoms with Crippen molar-refractivity contribution in [1.82, 2.24) is 5.32 Å². The van der Waals surface area contributed by atoms with Crippen LogP contribution in [0.15, 0.2) is 16.6 Å². The summed E-state index contributed by atoms with van der Waals surface area (Å²) >= 11 is 3.56. The summed E-state index contributed by atoms with van der Waals surface area (Å²) < 4.78 is 12.3. The normalized spacial score (nSPS) is 11.0. The largest absolute Gasteiger partial charge is 0.490 e. The fourth-order valence-electron chi connectivity index (χ4n) is 1.71. The molecular weight excluding hydrogens is 330 g/mol. The van der Waals surface area contributed by atoms with Crippen molar-refractivity contribution in [2.45, 2.75) is 46.2 Å². The second-order valence-corrected chi connectivity index (χ2v) is 6.60. The number of hydrogen-bond acceptors (Lipinski definition) is 3. The van der Waals surface area contributed by atoms with Gasteiger partial charge in [0.2, 0.25) is 0 Å². The van der Waals surface area contributed by atoms with Crippen LogP contribution in [0.1, 0.15) is 39.7 Å². The topological polar surface area (TPSA) is 30.5 Å². The molecule has 1 N–H and O–H groups in total. The van der Waals surface area contributed by atoms with E-state index in [1.807, 2.05) is 19.1 Å². The van der Waals surface area contributed by atoms with E-state index in [1.54, 1.807) is 0 Å². The lowest BCUT2D eigenvalue weighted by Crippen LogP contribution is -2.35. The monoisotopic (exact) mass is 353 g/mol. The third-order valence-electron chi connectivity index (χ3n) is 2.68. The lowest BCUT2D eigenvalue weighted by Gasteiger charge is -2.21. The molecule has 0 amide bonds. The van der Waals surface area contributed by atoms with Gasteiger partial charge >= 0.3 is 0 Å². The van der Waals surface area contributed by atoms with Gasteiger partial charge in [-0.1, -0.05) is 0 Å². The van der Waals surface area contributed by atoms with Gasteiger partial charge in [-0.2, -0.15) is 0 Å². The van der Waals surface area contributed by atoms with Gasteiger partial charge in [-0.15, -0.1) is 12.3 Å². The number of rotatable bonds is 7. The summed E-state index contributed by atoms with van der Waals surface area (Å²) in [4.78, 5) is 0. The van der Waals surface area contributed by atoms with Crippen LogP contribution in [-0.2, 0) is 6.54 Å². The molecule has 4 heteroatoms. The molecule has 0 fully saturated rings. The number of ether oxygens (including phenoxy) is 2. The van der Waals surface area contributed by atoms with Crippen molar-refractivity contribution >= 4 is 15.9 Å². The first-order chi connectivity index (χ1) is 9.87. The highest BCUT2D eigenvalue weighted by atomic mass is 79.9. The Kier molecular flexibility index (Phi) is 7.07. The number of halogens is 1. The van der Waals surface area contributed by atoms with Gasteiger partial charge in [-0.25, -0.2) is 0 Å². The van der Waals surface area contributed by atoms with Gasteiger partial charge in [0.25, 0.3) is 0 Å². The SMILES string of the molecule is C#CCCOc1c(Br)cc(CNC(C)(C)C)cc1OCC. The fraction of sp³-hybridized carbons (Fsp3) is 0.529. The number of nitrogens with one attached hydrogen (secondary N) is 1. The van der Waals surface area contributed by atoms with Crippen molar-refractivity contribution in [1.29, 1.82) is 0 Å². The van der Waals surface area contributed by atoms with E-state index in [4.69, 9.17) is 15.9 Å². The van der Waals surface area contributed by atoms with Crippen molar-refractivity contribution < 1.29 is 9.47 Å². The number of benzene rings is 1. The van der Waals surface area contributed by atoms with E-state index in [2.05, 4.69) is 47.9 Å². The smallest absolute Gasteiger partial charge is 0.175 e. The third kappa shape index (κ3) is 6.41. The van der Waals surface area contributed by atoms with E-state index in [1.165, 1.54) is 0 Å². The van der Waals surface area contributed by atoms with Gasteiger partial charge in [0, 0.05) is 18.5 Å². The molecule has 1 rings (SSSR count). The Bertz CT molecular complexity index is 501. The molecule has 1 aromatic rings. The minimum atomic E-state index is 0.0697. The van der Waals surface area contributed by atoms with Crippen LogP contribution in [0.25, 0.3) is 0 Å². The minimum Gasteiger partial charge on any atom is -0.490 e. The molecule has 0 saturated carbocycles. The van der Waals surface area contributed by atoms with Crippen LogP contribution in [0, 0.1) is 12.3 Å². The second kappa shape index (κ2) is 8.31. The highest BCUT2D eigenvalue weighted by Crippen LogP contribution is 2.37. The van der Waals surface area contributed by atoms with Gasteiger partial charge < -0.3 is 14.8 Å². The molecule has 21 heavy (non-hydrogen) atoms. The van der Waals surface area contributed by atoms with E-state index >= 15 is 0 Å². The fourth-order valence-corrected chi connectivity index (χ4v) is 2.31. The lowest BCUT2D eigenvalue weighted by atomic mass is 10.1. The molecule has 116 valence electrons. The summed E-state index contributed by atoms with van der Waals surface area (Å²) in [5.74, 6) is 4.03. The molecule has 0 aliphatic heterocycles. The zero-order chi connectivity index (χ0) is 15.9. The first-order valence-corrected chi connectivity index (χ1v) is 7.93. The Morgan fingerprint density at radius 2 is 2.00 bits per heavy atom. The first kappa shape index (κ1) is 17.9. The van der Waals surface area contributed by atoms with Crippen LogP contribution in [0.4, 0.5) is 0 Å². The summed E-state index contributed by atoms with van der Waals surface area (Å²) in [7, 11) is 0. The lowest BCUT2D eigenvalue weighted by molar-refractivity contribution is 0.279. The summed E-state index contributed by atoms with van der Waals surface area (Å²) in [6, 6.07) is 4.06. The molecule has 0 radical (unpaired) electrons. The molecule has 0 atom stereocenters. The van der Waals surface area contributed by atoms with Crippen molar-refractivity contribution in [2.24, 2.45) is 0 Å². The van der Waals surface area contributed by atoms with Crippen LogP contribution in [-0.4, -0.2) is 18.8 Å². The second-order valence-electron chi connectivity index (χ2n) is 5.74. The molecule has 0 aliphatic rings. The summed E-state index contributed by atoms with van der Waals surface area (Å²) in [5, 5.41) is 3.46. The summed E-state index contributed by atoms with van der Waals surface area (Å²) in [6.07, 6.45) is 5.83. The molecule has 0 saturated heterocycles. The molecule has 0 aliphatic carbocycles. The van der Waals surface area contributed by atoms with Crippen molar-refractivity contribution in [3.05, 3.63) is 22.2 Å². The van der Waals surface area contributed by atoms with Crippen LogP contribution in [0.2, 0.25) is 0 Å². The third-order valence-corrected chi connectivity index (χ3v) is 3.27. The summed E-state index contributed by atoms with van der Waals surface area (Å²) in [6.45, 7) is 10.2. The maximum Gasteiger partial charge on any atom is 0.175 e. The number of hydrogen-bond donors (Lipinski definition) is 1. The van der Waals surface area contributed by atoms with Crippen molar-refractivity contribution in [2.75, 3.05) is 13.2 Å². The van der Waals surface area contributed by atoms with Gasteiger partial charge in [-0.05, 0) is 61.3 Å². The van der Waals surface area contributed by atoms with E-state index in [9.17, 15) is 0 Å². The first-order valence-electron chi connectivity index (χ1n) is 7.14. The standard InChI is InChI=1S/C17H24BrNO2/c1-6-8-9-21-16-14(18)10-13(11-15(16)20-7-2)12-19-17(3,4)5/h1,10-11,19H,7-9,12H2,2-5H3. The molecule has 1 aromatic carbocycles. The molecule has 0 bridgehead atoms. The van der Waals surface area contributed by atoms with Gasteiger partial charge in [-0.3, -0.25) is 0 Å². The average molecular weight is 354 g/mol. The zero-order valence-electron chi connectivity index (χ0n) is 13.3. The summed E-state index contributed by atoms with van der Waals surface area (Å²) in [5.41, 5.74) is 1.21. The molecule has 0 unspecified atom stereocenters. The van der Waals surface area contributed by atoms with Crippen molar-refractivity contribution in [3.8, 4) is 23.8 Å². The van der Waals surface area contributed by atoms with E-state index in [0.29, 0.717) is 25.4 Å². The molecule has 3 nitrogen and oxygen atoms in total. The minimum absolute atomic E-state index is 0.0697. The zero-order valence-corrected chi connectivity index (χ0v) is 14.8.